The van der Waals surface area contributed by atoms with Gasteiger partial charge < -0.3 is 40.8 Å². The predicted octanol–water partition coefficient (Wildman–Crippen LogP) is 6.26. The topological polar surface area (TPSA) is 262 Å². The summed E-state index contributed by atoms with van der Waals surface area (Å²) in [5, 5.41) is 9.67. The second-order valence-electron chi connectivity index (χ2n) is 23.4. The number of hydrogen-bond acceptors (Lipinski definition) is 13. The number of likely N-dealkylation sites (tertiary alicyclic amines) is 1. The van der Waals surface area contributed by atoms with Crippen LogP contribution in [-0.4, -0.2) is 134 Å². The van der Waals surface area contributed by atoms with Crippen molar-refractivity contribution in [2.24, 2.45) is 17.1 Å². The van der Waals surface area contributed by atoms with Crippen molar-refractivity contribution < 1.29 is 56.2 Å². The van der Waals surface area contributed by atoms with Gasteiger partial charge in [-0.15, -0.1) is 0 Å². The molecule has 4 aromatic rings. The maximum absolute atomic E-state index is 15.2. The molecule has 2 aliphatic rings. The Morgan fingerprint density at radius 2 is 1.32 bits per heavy atom. The molecule has 1 saturated carbocycles. The molecular weight excluding hydrogens is 1070 g/mol. The van der Waals surface area contributed by atoms with E-state index in [-0.39, 0.29) is 50.7 Å². The largest absolute Gasteiger partial charge is 0.490 e. The molecule has 19 nitrogen and oxygen atoms in total. The van der Waals surface area contributed by atoms with Crippen LogP contribution in [0.3, 0.4) is 0 Å². The number of ketones is 1. The van der Waals surface area contributed by atoms with Crippen molar-refractivity contribution in [1.29, 1.82) is 0 Å². The molecule has 0 radical (unpaired) electrons. The number of likely N-dealkylation sites (N-methyl/N-ethyl adjacent to an activating group) is 1. The summed E-state index contributed by atoms with van der Waals surface area (Å²) in [6.45, 7) is 17.6. The zero-order valence-electron chi connectivity index (χ0n) is 48.6. The first-order chi connectivity index (χ1) is 38.6. The van der Waals surface area contributed by atoms with Crippen LogP contribution in [0.5, 0.6) is 11.5 Å². The van der Waals surface area contributed by atoms with E-state index in [9.17, 15) is 32.4 Å². The summed E-state index contributed by atoms with van der Waals surface area (Å²) in [7, 11) is -2.63. The van der Waals surface area contributed by atoms with Gasteiger partial charge in [0.2, 0.25) is 33.7 Å². The molecule has 1 saturated heterocycles. The Hall–Kier alpha value is -7.58. The Morgan fingerprint density at radius 1 is 0.744 bits per heavy atom. The molecule has 6 rings (SSSR count). The lowest BCUT2D eigenvalue weighted by Gasteiger charge is -2.37. The van der Waals surface area contributed by atoms with Crippen molar-refractivity contribution >= 4 is 62.2 Å². The number of hydrogen-bond donors (Lipinski definition) is 5. The smallest absolute Gasteiger partial charge is 0.410 e. The van der Waals surface area contributed by atoms with E-state index in [1.807, 2.05) is 66.7 Å². The summed E-state index contributed by atoms with van der Waals surface area (Å²) in [5.41, 5.74) is 6.30. The van der Waals surface area contributed by atoms with Gasteiger partial charge in [-0.05, 0) is 130 Å². The lowest BCUT2D eigenvalue weighted by molar-refractivity contribution is -0.145. The summed E-state index contributed by atoms with van der Waals surface area (Å²) < 4.78 is 45.6. The molecule has 0 unspecified atom stereocenters. The monoisotopic (exact) mass is 1150 g/mol. The molecule has 4 aromatic carbocycles. The maximum Gasteiger partial charge on any atom is 0.410 e. The van der Waals surface area contributed by atoms with Crippen LogP contribution in [0, 0.1) is 11.3 Å². The van der Waals surface area contributed by atoms with Crippen LogP contribution in [-0.2, 0) is 62.8 Å². The van der Waals surface area contributed by atoms with Crippen LogP contribution >= 0.6 is 0 Å². The Kier molecular flexibility index (Phi) is 21.7. The lowest BCUT2D eigenvalue weighted by atomic mass is 9.85. The van der Waals surface area contributed by atoms with Gasteiger partial charge in [-0.1, -0.05) is 112 Å². The number of fused-ring (bicyclic) bond motifs is 1. The second-order valence-corrected chi connectivity index (χ2v) is 25.4. The molecule has 82 heavy (non-hydrogen) atoms. The zero-order valence-corrected chi connectivity index (χ0v) is 49.4. The van der Waals surface area contributed by atoms with E-state index in [0.29, 0.717) is 48.3 Å². The number of carbonyl (C=O) groups is 7. The number of allylic oxidation sites excluding steroid dienone is 1. The summed E-state index contributed by atoms with van der Waals surface area (Å²) in [4.78, 5) is 101. The van der Waals surface area contributed by atoms with E-state index in [4.69, 9.17) is 19.9 Å². The molecule has 0 aromatic heterocycles. The highest BCUT2D eigenvalue weighted by atomic mass is 32.2. The number of ether oxygens (including phenoxy) is 3. The number of Topliss-reactive ketones (excluding diaryl/α,β-unsaturated/α-hetero) is 1. The minimum atomic E-state index is -4.05. The van der Waals surface area contributed by atoms with E-state index in [1.165, 1.54) is 25.8 Å². The maximum atomic E-state index is 15.2. The third-order valence-corrected chi connectivity index (χ3v) is 16.2. The number of carbonyl (C=O) groups excluding carboxylic acids is 7. The molecule has 20 heteroatoms. The van der Waals surface area contributed by atoms with Crippen LogP contribution in [0.4, 0.5) is 4.79 Å². The molecule has 0 bridgehead atoms. The molecule has 7 atom stereocenters. The highest BCUT2D eigenvalue weighted by Gasteiger charge is 2.46. The second kappa shape index (κ2) is 27.9. The van der Waals surface area contributed by atoms with Crippen LogP contribution in [0.25, 0.3) is 10.8 Å². The fourth-order valence-electron chi connectivity index (χ4n) is 9.30. The number of nitrogens with one attached hydrogen (secondary N) is 4. The predicted molar refractivity (Wildman–Crippen MR) is 314 cm³/mol. The molecular formula is C62H81N7O12S. The van der Waals surface area contributed by atoms with Crippen LogP contribution in [0.15, 0.2) is 116 Å². The van der Waals surface area contributed by atoms with Crippen molar-refractivity contribution in [2.45, 2.75) is 147 Å². The fraction of sp³-hybridized carbons (Fsp3) is 0.468. The SMILES string of the molecule is C=CCOc1ccc(C[C@H](NC(=O)[C@H](Cc2ccc3ccccc3c2)NC(=O)[C@@H]2C[C@H](C/C=C/COc3ccc(C[C@H](N)C(C)=O)cc3)CN2C(=O)[C@@H](NC(=O)[C@H](C)N(C)C(=O)OC(C)(C)C)C(C)(C)C)C(=O)NS(=O)(=O)C2CC2)cc1. The Balaban J connectivity index is 1.29. The van der Waals surface area contributed by atoms with E-state index in [1.54, 1.807) is 84.0 Å². The van der Waals surface area contributed by atoms with Crippen molar-refractivity contribution in [3.8, 4) is 11.5 Å². The first-order valence-electron chi connectivity index (χ1n) is 27.8. The van der Waals surface area contributed by atoms with Crippen molar-refractivity contribution in [3.63, 3.8) is 0 Å². The molecule has 2 fully saturated rings. The van der Waals surface area contributed by atoms with Gasteiger partial charge in [-0.25, -0.2) is 13.2 Å². The Bertz CT molecular complexity index is 3080. The molecule has 1 aliphatic carbocycles. The molecule has 6 amide bonds. The Morgan fingerprint density at radius 3 is 1.90 bits per heavy atom. The van der Waals surface area contributed by atoms with Gasteiger partial charge in [0.05, 0.1) is 11.3 Å². The fourth-order valence-corrected chi connectivity index (χ4v) is 10.6. The average Bonchev–Trinajstić information content (AvgIpc) is 4.39. The van der Waals surface area contributed by atoms with Gasteiger partial charge in [0.1, 0.15) is 66.3 Å². The minimum Gasteiger partial charge on any atom is -0.490 e. The van der Waals surface area contributed by atoms with Crippen LogP contribution < -0.4 is 35.9 Å². The first kappa shape index (κ1) is 63.6. The number of rotatable bonds is 26. The van der Waals surface area contributed by atoms with Gasteiger partial charge in [-0.2, -0.15) is 0 Å². The number of nitrogens with zero attached hydrogens (tertiary/aromatic N) is 2. The van der Waals surface area contributed by atoms with E-state index in [2.05, 4.69) is 27.3 Å². The van der Waals surface area contributed by atoms with Crippen molar-refractivity contribution in [3.05, 3.63) is 132 Å². The van der Waals surface area contributed by atoms with Gasteiger partial charge in [-0.3, -0.25) is 38.4 Å². The number of sulfonamides is 1. The highest BCUT2D eigenvalue weighted by Crippen LogP contribution is 2.32. The normalized spacial score (nSPS) is 17.4. The first-order valence-corrected chi connectivity index (χ1v) is 29.3. The third kappa shape index (κ3) is 18.5. The summed E-state index contributed by atoms with van der Waals surface area (Å²) in [6, 6.07) is 20.4. The number of nitrogens with two attached hydrogens (primary N) is 1. The minimum absolute atomic E-state index is 0.0717. The van der Waals surface area contributed by atoms with Crippen molar-refractivity contribution in [2.75, 3.05) is 26.8 Å². The number of benzene rings is 4. The standard InChI is InChI=1S/C62H81N7O12S/c1-11-31-79-47-27-22-42(23-28-47)35-52(57(73)67-82(77,78)49-29-30-49)64-56(72)51(36-43-19-24-45-17-12-13-18-46(45)33-43)65-58(74)53-37-44(16-14-15-32-80-48-25-20-41(21-26-48)34-50(63)40(3)70)38-69(53)59(75)54(61(4,5)6)66-55(71)39(2)68(10)60(76)81-62(7,8)9/h11-15,17-28,33,39,44,49-54H,1,16,29-32,34-38,63H2,2-10H3,(H,64,72)(H,65,74)(H,66,71)(H,67,73)/b15-14+/t39-,44-,50-,51-,52-,53-,54+/m0/s1. The van der Waals surface area contributed by atoms with Crippen molar-refractivity contribution in [1.82, 2.24) is 30.5 Å². The molecule has 0 spiro atoms. The summed E-state index contributed by atoms with van der Waals surface area (Å²) in [6.07, 6.45) is 6.13. The molecule has 6 N–H and O–H groups in total. The van der Waals surface area contributed by atoms with Gasteiger partial charge >= 0.3 is 6.09 Å². The van der Waals surface area contributed by atoms with E-state index in [0.717, 1.165) is 21.2 Å². The van der Waals surface area contributed by atoms with Crippen LogP contribution in [0.1, 0.15) is 97.8 Å². The lowest BCUT2D eigenvalue weighted by Crippen LogP contribution is -2.61. The summed E-state index contributed by atoms with van der Waals surface area (Å²) in [5.74, 6) is -2.90. The quantitative estimate of drug-likeness (QED) is 0.0436. The summed E-state index contributed by atoms with van der Waals surface area (Å²) >= 11 is 0. The molecule has 1 heterocycles. The van der Waals surface area contributed by atoms with Gasteiger partial charge in [0.25, 0.3) is 5.91 Å². The van der Waals surface area contributed by atoms with E-state index < -0.39 is 98.2 Å². The molecule has 1 aliphatic heterocycles. The molecule has 442 valence electrons. The number of amides is 6. The zero-order chi connectivity index (χ0) is 60.1. The van der Waals surface area contributed by atoms with Gasteiger partial charge in [0, 0.05) is 26.4 Å². The average molecular weight is 1150 g/mol. The van der Waals surface area contributed by atoms with Crippen LogP contribution in [0.2, 0.25) is 0 Å². The third-order valence-electron chi connectivity index (χ3n) is 14.4. The Labute approximate surface area is 482 Å². The van der Waals surface area contributed by atoms with Gasteiger partial charge in [0.15, 0.2) is 0 Å². The highest BCUT2D eigenvalue weighted by molar-refractivity contribution is 7.90. The van der Waals surface area contributed by atoms with E-state index >= 15 is 9.59 Å².